The van der Waals surface area contributed by atoms with Gasteiger partial charge in [0, 0.05) is 5.69 Å². The van der Waals surface area contributed by atoms with Gasteiger partial charge in [0.25, 0.3) is 5.91 Å². The van der Waals surface area contributed by atoms with Crippen molar-refractivity contribution in [3.63, 3.8) is 0 Å². The van der Waals surface area contributed by atoms with Crippen LogP contribution in [0.1, 0.15) is 34.8 Å². The average Bonchev–Trinajstić information content (AvgIpc) is 2.90. The maximum atomic E-state index is 12.3. The van der Waals surface area contributed by atoms with Gasteiger partial charge in [-0.1, -0.05) is 0 Å². The minimum Gasteiger partial charge on any atom is -0.270 e. The summed E-state index contributed by atoms with van der Waals surface area (Å²) in [6.07, 6.45) is 1.27. The van der Waals surface area contributed by atoms with E-state index < -0.39 is 11.0 Å². The van der Waals surface area contributed by atoms with Gasteiger partial charge in [-0.05, 0) is 33.8 Å². The normalized spacial score (nSPS) is 12.4. The fourth-order valence-corrected chi connectivity index (χ4v) is 1.99. The van der Waals surface area contributed by atoms with Gasteiger partial charge in [0.05, 0.1) is 10.6 Å². The van der Waals surface area contributed by atoms with Crippen LogP contribution in [0.25, 0.3) is 0 Å². The Hall–Kier alpha value is -2.51. The van der Waals surface area contributed by atoms with Gasteiger partial charge in [0.2, 0.25) is 0 Å². The molecule has 0 N–H and O–H groups in total. The molecule has 20 heavy (non-hydrogen) atoms. The van der Waals surface area contributed by atoms with Crippen molar-refractivity contribution in [2.24, 2.45) is 0 Å². The van der Waals surface area contributed by atoms with Crippen molar-refractivity contribution in [3.05, 3.63) is 39.5 Å². The van der Waals surface area contributed by atoms with E-state index in [0.717, 1.165) is 11.4 Å². The summed E-state index contributed by atoms with van der Waals surface area (Å²) in [4.78, 5) is 22.6. The van der Waals surface area contributed by atoms with Gasteiger partial charge in [0.15, 0.2) is 0 Å². The second-order valence-corrected chi connectivity index (χ2v) is 4.69. The van der Waals surface area contributed by atoms with Crippen molar-refractivity contribution in [2.45, 2.75) is 33.7 Å². The zero-order valence-corrected chi connectivity index (χ0v) is 11.7. The molecule has 0 saturated heterocycles. The summed E-state index contributed by atoms with van der Waals surface area (Å²) in [6, 6.07) is 1.13. The van der Waals surface area contributed by atoms with Crippen molar-refractivity contribution < 1.29 is 9.72 Å². The number of carbonyl (C=O) groups excluding carboxylic acids is 1. The van der Waals surface area contributed by atoms with Crippen LogP contribution < -0.4 is 0 Å². The van der Waals surface area contributed by atoms with Gasteiger partial charge in [-0.25, -0.2) is 4.68 Å². The number of aryl methyl sites for hydroxylation is 3. The molecule has 0 bridgehead atoms. The molecule has 8 nitrogen and oxygen atoms in total. The predicted octanol–water partition coefficient (Wildman–Crippen LogP) is 1.81. The van der Waals surface area contributed by atoms with Crippen LogP contribution in [0, 0.1) is 30.9 Å². The first-order chi connectivity index (χ1) is 9.31. The van der Waals surface area contributed by atoms with Crippen molar-refractivity contribution in [1.29, 1.82) is 0 Å². The lowest BCUT2D eigenvalue weighted by atomic mass is 10.3. The van der Waals surface area contributed by atoms with Crippen molar-refractivity contribution >= 4 is 11.6 Å². The largest absolute Gasteiger partial charge is 0.309 e. The Labute approximate surface area is 115 Å². The Morgan fingerprint density at radius 3 is 2.45 bits per heavy atom. The molecule has 2 aromatic rings. The summed E-state index contributed by atoms with van der Waals surface area (Å²) in [7, 11) is 0. The summed E-state index contributed by atoms with van der Waals surface area (Å²) < 4.78 is 2.59. The van der Waals surface area contributed by atoms with E-state index in [9.17, 15) is 14.9 Å². The van der Waals surface area contributed by atoms with E-state index in [1.54, 1.807) is 26.8 Å². The fraction of sp³-hybridized carbons (Fsp3) is 0.417. The molecule has 0 spiro atoms. The molecule has 0 saturated carbocycles. The summed E-state index contributed by atoms with van der Waals surface area (Å²) >= 11 is 0. The van der Waals surface area contributed by atoms with Crippen LogP contribution in [-0.2, 0) is 0 Å². The number of hydrogen-bond acceptors (Lipinski definition) is 5. The maximum Gasteiger partial charge on any atom is 0.309 e. The minimum absolute atomic E-state index is 0.0991. The first-order valence-electron chi connectivity index (χ1n) is 6.09. The highest BCUT2D eigenvalue weighted by Crippen LogP contribution is 2.19. The van der Waals surface area contributed by atoms with Crippen LogP contribution in [0.15, 0.2) is 12.3 Å². The van der Waals surface area contributed by atoms with Crippen LogP contribution in [0.4, 0.5) is 5.69 Å². The van der Waals surface area contributed by atoms with Gasteiger partial charge < -0.3 is 0 Å². The minimum atomic E-state index is -0.666. The first kappa shape index (κ1) is 13.9. The van der Waals surface area contributed by atoms with Crippen molar-refractivity contribution in [2.75, 3.05) is 0 Å². The third-order valence-corrected chi connectivity index (χ3v) is 3.06. The molecule has 0 aromatic carbocycles. The summed E-state index contributed by atoms with van der Waals surface area (Å²) in [5.74, 6) is -0.284. The maximum absolute atomic E-state index is 12.3. The van der Waals surface area contributed by atoms with E-state index in [4.69, 9.17) is 0 Å². The van der Waals surface area contributed by atoms with Crippen LogP contribution in [0.5, 0.6) is 0 Å². The molecule has 0 radical (unpaired) electrons. The van der Waals surface area contributed by atoms with Crippen molar-refractivity contribution in [1.82, 2.24) is 19.6 Å². The Bertz CT molecular complexity index is 685. The molecule has 1 atom stereocenters. The Morgan fingerprint density at radius 1 is 1.35 bits per heavy atom. The molecular weight excluding hydrogens is 262 g/mol. The molecule has 0 fully saturated rings. The summed E-state index contributed by atoms with van der Waals surface area (Å²) in [5, 5.41) is 18.9. The van der Waals surface area contributed by atoms with Gasteiger partial charge in [-0.3, -0.25) is 19.6 Å². The number of carbonyl (C=O) groups is 1. The number of hydrogen-bond donors (Lipinski definition) is 0. The van der Waals surface area contributed by atoms with E-state index in [2.05, 4.69) is 10.2 Å². The molecule has 0 aliphatic heterocycles. The highest BCUT2D eigenvalue weighted by molar-refractivity contribution is 5.82. The fourth-order valence-electron chi connectivity index (χ4n) is 1.99. The third-order valence-electron chi connectivity index (χ3n) is 3.06. The smallest absolute Gasteiger partial charge is 0.270 e. The number of aromatic nitrogens is 4. The van der Waals surface area contributed by atoms with E-state index in [1.165, 1.54) is 22.5 Å². The number of nitrogens with zero attached hydrogens (tertiary/aromatic N) is 5. The highest BCUT2D eigenvalue weighted by atomic mass is 16.6. The van der Waals surface area contributed by atoms with Crippen LogP contribution in [-0.4, -0.2) is 30.4 Å². The molecule has 2 rings (SSSR count). The molecule has 8 heteroatoms. The number of nitro groups is 1. The molecule has 0 aliphatic rings. The highest BCUT2D eigenvalue weighted by Gasteiger charge is 2.24. The van der Waals surface area contributed by atoms with Gasteiger partial charge in [-0.2, -0.15) is 10.2 Å². The zero-order chi connectivity index (χ0) is 15.0. The lowest BCUT2D eigenvalue weighted by molar-refractivity contribution is -0.385. The second kappa shape index (κ2) is 4.87. The zero-order valence-electron chi connectivity index (χ0n) is 11.7. The monoisotopic (exact) mass is 277 g/mol. The standard InChI is InChI=1S/C12H15N5O3/c1-7-5-8(2)16(13-7)12(18)10(4)15-6-11(17(19)20)9(3)14-15/h5-6,10H,1-4H3. The van der Waals surface area contributed by atoms with Crippen LogP contribution in [0.3, 0.4) is 0 Å². The van der Waals surface area contributed by atoms with Crippen LogP contribution in [0.2, 0.25) is 0 Å². The van der Waals surface area contributed by atoms with Crippen LogP contribution >= 0.6 is 0 Å². The molecule has 0 amide bonds. The van der Waals surface area contributed by atoms with Crippen molar-refractivity contribution in [3.8, 4) is 0 Å². The van der Waals surface area contributed by atoms with Gasteiger partial charge >= 0.3 is 5.69 Å². The number of rotatable bonds is 3. The van der Waals surface area contributed by atoms with Gasteiger partial charge in [0.1, 0.15) is 17.9 Å². The third kappa shape index (κ3) is 2.31. The summed E-state index contributed by atoms with van der Waals surface area (Å²) in [5.41, 5.74) is 1.64. The first-order valence-corrected chi connectivity index (χ1v) is 6.09. The molecule has 2 heterocycles. The molecule has 1 unspecified atom stereocenters. The van der Waals surface area contributed by atoms with E-state index >= 15 is 0 Å². The molecule has 2 aromatic heterocycles. The summed E-state index contributed by atoms with van der Waals surface area (Å²) in [6.45, 7) is 6.75. The van der Waals surface area contributed by atoms with Gasteiger partial charge in [-0.15, -0.1) is 0 Å². The lowest BCUT2D eigenvalue weighted by Gasteiger charge is -2.11. The van der Waals surface area contributed by atoms with E-state index in [0.29, 0.717) is 0 Å². The molecule has 0 aliphatic carbocycles. The molecule has 106 valence electrons. The SMILES string of the molecule is Cc1cc(C)n(C(=O)C(C)n2cc([N+](=O)[O-])c(C)n2)n1. The lowest BCUT2D eigenvalue weighted by Crippen LogP contribution is -2.25. The Kier molecular flexibility index (Phi) is 3.39. The topological polar surface area (TPSA) is 95.8 Å². The Morgan fingerprint density at radius 2 is 2.00 bits per heavy atom. The predicted molar refractivity (Wildman–Crippen MR) is 70.7 cm³/mol. The quantitative estimate of drug-likeness (QED) is 0.629. The average molecular weight is 277 g/mol. The van der Waals surface area contributed by atoms with E-state index in [-0.39, 0.29) is 17.3 Å². The second-order valence-electron chi connectivity index (χ2n) is 4.69. The molecular formula is C12H15N5O3. The van der Waals surface area contributed by atoms with E-state index in [1.807, 2.05) is 0 Å². The Balaban J connectivity index is 2.34.